The Labute approximate surface area is 125 Å². The molecule has 0 saturated carbocycles. The van der Waals surface area contributed by atoms with Gasteiger partial charge in [0.25, 0.3) is 5.89 Å². The van der Waals surface area contributed by atoms with Gasteiger partial charge in [0.2, 0.25) is 0 Å². The number of rotatable bonds is 3. The maximum atomic E-state index is 9.83. The SMILES string of the molecule is Oc1ccc(Cc2noc(-c3ccc(Cl)cc3O)n2)cc1. The Hall–Kier alpha value is -2.53. The summed E-state index contributed by atoms with van der Waals surface area (Å²) in [7, 11) is 0. The van der Waals surface area contributed by atoms with Crippen LogP contribution in [0.5, 0.6) is 11.5 Å². The van der Waals surface area contributed by atoms with Crippen LogP contribution < -0.4 is 0 Å². The molecule has 6 heteroatoms. The standard InChI is InChI=1S/C15H11ClN2O3/c16-10-3-6-12(13(20)8-10)15-17-14(18-21-15)7-9-1-4-11(19)5-2-9/h1-6,8,19-20H,7H2. The van der Waals surface area contributed by atoms with Gasteiger partial charge in [-0.05, 0) is 35.9 Å². The molecule has 0 aliphatic carbocycles. The van der Waals surface area contributed by atoms with E-state index in [0.717, 1.165) is 5.56 Å². The van der Waals surface area contributed by atoms with Crippen LogP contribution in [0.15, 0.2) is 47.0 Å². The number of phenolic OH excluding ortho intramolecular Hbond substituents is 2. The van der Waals surface area contributed by atoms with Crippen molar-refractivity contribution in [2.45, 2.75) is 6.42 Å². The maximum Gasteiger partial charge on any atom is 0.261 e. The summed E-state index contributed by atoms with van der Waals surface area (Å²) in [4.78, 5) is 4.25. The maximum absolute atomic E-state index is 9.83. The first-order valence-electron chi connectivity index (χ1n) is 6.21. The second-order valence-electron chi connectivity index (χ2n) is 4.52. The minimum atomic E-state index is -0.0117. The third-order valence-electron chi connectivity index (χ3n) is 2.96. The molecular weight excluding hydrogens is 292 g/mol. The van der Waals surface area contributed by atoms with E-state index in [1.807, 2.05) is 0 Å². The van der Waals surface area contributed by atoms with Crippen molar-refractivity contribution < 1.29 is 14.7 Å². The monoisotopic (exact) mass is 302 g/mol. The van der Waals surface area contributed by atoms with Gasteiger partial charge in [-0.2, -0.15) is 4.98 Å². The van der Waals surface area contributed by atoms with E-state index in [2.05, 4.69) is 10.1 Å². The zero-order valence-corrected chi connectivity index (χ0v) is 11.6. The summed E-state index contributed by atoms with van der Waals surface area (Å²) in [6, 6.07) is 11.4. The van der Waals surface area contributed by atoms with Crippen molar-refractivity contribution in [1.82, 2.24) is 10.1 Å². The average molecular weight is 303 g/mol. The van der Waals surface area contributed by atoms with Crippen LogP contribution in [0.2, 0.25) is 5.02 Å². The van der Waals surface area contributed by atoms with Crippen LogP contribution in [0.1, 0.15) is 11.4 Å². The Morgan fingerprint density at radius 1 is 1.05 bits per heavy atom. The molecule has 21 heavy (non-hydrogen) atoms. The fourth-order valence-electron chi connectivity index (χ4n) is 1.92. The van der Waals surface area contributed by atoms with Gasteiger partial charge in [-0.3, -0.25) is 0 Å². The number of aromatic nitrogens is 2. The normalized spacial score (nSPS) is 10.7. The third kappa shape index (κ3) is 2.98. The van der Waals surface area contributed by atoms with Gasteiger partial charge < -0.3 is 14.7 Å². The summed E-state index contributed by atoms with van der Waals surface area (Å²) in [5.74, 6) is 0.920. The Kier molecular flexibility index (Phi) is 3.50. The number of benzene rings is 2. The highest BCUT2D eigenvalue weighted by atomic mass is 35.5. The van der Waals surface area contributed by atoms with Crippen LogP contribution in [0.25, 0.3) is 11.5 Å². The number of phenols is 2. The molecule has 0 saturated heterocycles. The summed E-state index contributed by atoms with van der Waals surface area (Å²) in [6.45, 7) is 0. The largest absolute Gasteiger partial charge is 0.508 e. The number of halogens is 1. The van der Waals surface area contributed by atoms with Crippen molar-refractivity contribution in [1.29, 1.82) is 0 Å². The molecule has 3 rings (SSSR count). The first kappa shape index (κ1) is 13.5. The van der Waals surface area contributed by atoms with Gasteiger partial charge in [-0.1, -0.05) is 28.9 Å². The van der Waals surface area contributed by atoms with E-state index >= 15 is 0 Å². The Morgan fingerprint density at radius 2 is 1.81 bits per heavy atom. The van der Waals surface area contributed by atoms with Gasteiger partial charge in [0.1, 0.15) is 11.5 Å². The summed E-state index contributed by atoms with van der Waals surface area (Å²) in [6.07, 6.45) is 0.470. The highest BCUT2D eigenvalue weighted by Gasteiger charge is 2.13. The molecule has 1 heterocycles. The molecule has 0 aliphatic rings. The molecule has 0 aliphatic heterocycles. The van der Waals surface area contributed by atoms with E-state index in [9.17, 15) is 10.2 Å². The quantitative estimate of drug-likeness (QED) is 0.775. The zero-order valence-electron chi connectivity index (χ0n) is 10.8. The highest BCUT2D eigenvalue weighted by Crippen LogP contribution is 2.30. The molecule has 0 atom stereocenters. The number of hydrogen-bond acceptors (Lipinski definition) is 5. The molecule has 5 nitrogen and oxygen atoms in total. The Morgan fingerprint density at radius 3 is 2.52 bits per heavy atom. The summed E-state index contributed by atoms with van der Waals surface area (Å²) in [5.41, 5.74) is 1.38. The molecule has 0 unspecified atom stereocenters. The lowest BCUT2D eigenvalue weighted by Crippen LogP contribution is -1.90. The fourth-order valence-corrected chi connectivity index (χ4v) is 2.08. The van der Waals surface area contributed by atoms with E-state index in [4.69, 9.17) is 16.1 Å². The molecule has 0 radical (unpaired) electrons. The lowest BCUT2D eigenvalue weighted by atomic mass is 10.1. The van der Waals surface area contributed by atoms with Crippen molar-refractivity contribution in [3.63, 3.8) is 0 Å². The molecule has 106 valence electrons. The third-order valence-corrected chi connectivity index (χ3v) is 3.19. The van der Waals surface area contributed by atoms with Crippen molar-refractivity contribution in [3.05, 3.63) is 58.9 Å². The highest BCUT2D eigenvalue weighted by molar-refractivity contribution is 6.30. The molecular formula is C15H11ClN2O3. The predicted octanol–water partition coefficient (Wildman–Crippen LogP) is 3.39. The van der Waals surface area contributed by atoms with E-state index in [-0.39, 0.29) is 17.4 Å². The molecule has 1 aromatic heterocycles. The summed E-state index contributed by atoms with van der Waals surface area (Å²) >= 11 is 5.78. The molecule has 0 spiro atoms. The van der Waals surface area contributed by atoms with Crippen LogP contribution >= 0.6 is 11.6 Å². The average Bonchev–Trinajstić information content (AvgIpc) is 2.90. The zero-order chi connectivity index (χ0) is 14.8. The summed E-state index contributed by atoms with van der Waals surface area (Å²) in [5, 5.41) is 23.4. The van der Waals surface area contributed by atoms with Gasteiger partial charge in [-0.25, -0.2) is 0 Å². The lowest BCUT2D eigenvalue weighted by molar-refractivity contribution is 0.418. The Balaban J connectivity index is 1.84. The van der Waals surface area contributed by atoms with E-state index in [1.165, 1.54) is 6.07 Å². The summed E-state index contributed by atoms with van der Waals surface area (Å²) < 4.78 is 5.15. The number of aromatic hydroxyl groups is 2. The first-order chi connectivity index (χ1) is 10.1. The lowest BCUT2D eigenvalue weighted by Gasteiger charge is -1.99. The van der Waals surface area contributed by atoms with Crippen LogP contribution in [-0.4, -0.2) is 20.4 Å². The van der Waals surface area contributed by atoms with E-state index in [0.29, 0.717) is 22.8 Å². The van der Waals surface area contributed by atoms with Gasteiger partial charge in [0.15, 0.2) is 5.82 Å². The van der Waals surface area contributed by atoms with Crippen molar-refractivity contribution in [2.24, 2.45) is 0 Å². The minimum absolute atomic E-state index is 0.0117. The molecule has 3 aromatic rings. The van der Waals surface area contributed by atoms with E-state index in [1.54, 1.807) is 36.4 Å². The molecule has 2 N–H and O–H groups in total. The first-order valence-corrected chi connectivity index (χ1v) is 6.59. The van der Waals surface area contributed by atoms with Gasteiger partial charge in [-0.15, -0.1) is 0 Å². The van der Waals surface area contributed by atoms with E-state index < -0.39 is 0 Å². The second kappa shape index (κ2) is 5.46. The second-order valence-corrected chi connectivity index (χ2v) is 4.96. The molecule has 0 bridgehead atoms. The molecule has 0 fully saturated rings. The van der Waals surface area contributed by atoms with Gasteiger partial charge in [0, 0.05) is 11.4 Å². The fraction of sp³-hybridized carbons (Fsp3) is 0.0667. The Bertz CT molecular complexity index is 769. The van der Waals surface area contributed by atoms with Crippen molar-refractivity contribution in [2.75, 3.05) is 0 Å². The van der Waals surface area contributed by atoms with Crippen LogP contribution in [-0.2, 0) is 6.42 Å². The number of nitrogens with zero attached hydrogens (tertiary/aromatic N) is 2. The van der Waals surface area contributed by atoms with Gasteiger partial charge >= 0.3 is 0 Å². The van der Waals surface area contributed by atoms with Gasteiger partial charge in [0.05, 0.1) is 5.56 Å². The molecule has 0 amide bonds. The topological polar surface area (TPSA) is 79.4 Å². The molecule has 2 aromatic carbocycles. The van der Waals surface area contributed by atoms with Crippen molar-refractivity contribution in [3.8, 4) is 23.0 Å². The van der Waals surface area contributed by atoms with Crippen LogP contribution in [0.3, 0.4) is 0 Å². The minimum Gasteiger partial charge on any atom is -0.508 e. The van der Waals surface area contributed by atoms with Crippen LogP contribution in [0, 0.1) is 0 Å². The predicted molar refractivity (Wildman–Crippen MR) is 77.3 cm³/mol. The number of hydrogen-bond donors (Lipinski definition) is 2. The smallest absolute Gasteiger partial charge is 0.261 e. The van der Waals surface area contributed by atoms with Crippen LogP contribution in [0.4, 0.5) is 0 Å². The van der Waals surface area contributed by atoms with Crippen molar-refractivity contribution >= 4 is 11.6 Å².